The summed E-state index contributed by atoms with van der Waals surface area (Å²) in [6.07, 6.45) is 13.1. The van der Waals surface area contributed by atoms with Gasteiger partial charge in [0.25, 0.3) is 0 Å². The summed E-state index contributed by atoms with van der Waals surface area (Å²) in [5.74, 6) is 1.04. The molecule has 3 fully saturated rings. The largest absolute Gasteiger partial charge is 0.316 e. The molecule has 3 rings (SSSR count). The zero-order valence-corrected chi connectivity index (χ0v) is 12.8. The normalized spacial score (nSPS) is 40.3. The minimum atomic E-state index is 0.605. The Balaban J connectivity index is 1.66. The molecule has 2 nitrogen and oxygen atoms in total. The average molecular weight is 264 g/mol. The van der Waals surface area contributed by atoms with E-state index < -0.39 is 0 Å². The number of nitrogens with zero attached hydrogens (tertiary/aromatic N) is 1. The highest BCUT2D eigenvalue weighted by atomic mass is 15.2. The molecule has 0 bridgehead atoms. The van der Waals surface area contributed by atoms with E-state index in [-0.39, 0.29) is 0 Å². The Morgan fingerprint density at radius 3 is 2.79 bits per heavy atom. The summed E-state index contributed by atoms with van der Waals surface area (Å²) in [6.45, 7) is 7.65. The van der Waals surface area contributed by atoms with Gasteiger partial charge in [-0.25, -0.2) is 0 Å². The quantitative estimate of drug-likeness (QED) is 0.837. The fourth-order valence-corrected chi connectivity index (χ4v) is 5.11. The van der Waals surface area contributed by atoms with Crippen molar-refractivity contribution in [3.8, 4) is 0 Å². The lowest BCUT2D eigenvalue weighted by Gasteiger charge is -2.47. The molecular weight excluding hydrogens is 232 g/mol. The van der Waals surface area contributed by atoms with E-state index in [2.05, 4.69) is 17.1 Å². The molecule has 0 aromatic heterocycles. The molecule has 0 spiro atoms. The van der Waals surface area contributed by atoms with Gasteiger partial charge in [-0.15, -0.1) is 0 Å². The van der Waals surface area contributed by atoms with Gasteiger partial charge >= 0.3 is 0 Å². The summed E-state index contributed by atoms with van der Waals surface area (Å²) >= 11 is 0. The first-order valence-electron chi connectivity index (χ1n) is 8.78. The van der Waals surface area contributed by atoms with Gasteiger partial charge in [-0.05, 0) is 62.9 Å². The lowest BCUT2D eigenvalue weighted by Crippen LogP contribution is -2.51. The van der Waals surface area contributed by atoms with Gasteiger partial charge in [0.1, 0.15) is 0 Å². The summed E-state index contributed by atoms with van der Waals surface area (Å²) in [7, 11) is 0. The smallest absolute Gasteiger partial charge is 0.0124 e. The Morgan fingerprint density at radius 1 is 1.16 bits per heavy atom. The lowest BCUT2D eigenvalue weighted by atomic mass is 9.75. The van der Waals surface area contributed by atoms with Crippen LogP contribution >= 0.6 is 0 Å². The van der Waals surface area contributed by atoms with Crippen molar-refractivity contribution < 1.29 is 0 Å². The molecule has 1 aliphatic carbocycles. The first kappa shape index (κ1) is 13.9. The minimum absolute atomic E-state index is 0.605. The van der Waals surface area contributed by atoms with E-state index in [1.165, 1.54) is 84.0 Å². The van der Waals surface area contributed by atoms with E-state index >= 15 is 0 Å². The molecule has 3 atom stereocenters. The zero-order valence-electron chi connectivity index (χ0n) is 12.8. The molecule has 2 heterocycles. The first-order valence-corrected chi connectivity index (χ1v) is 8.78. The van der Waals surface area contributed by atoms with Crippen molar-refractivity contribution in [1.82, 2.24) is 10.2 Å². The molecule has 2 saturated heterocycles. The van der Waals surface area contributed by atoms with Crippen LogP contribution < -0.4 is 5.32 Å². The summed E-state index contributed by atoms with van der Waals surface area (Å²) in [4.78, 5) is 2.91. The summed E-state index contributed by atoms with van der Waals surface area (Å²) in [5.41, 5.74) is 0.605. The van der Waals surface area contributed by atoms with Crippen molar-refractivity contribution in [2.75, 3.05) is 26.2 Å². The van der Waals surface area contributed by atoms with Gasteiger partial charge in [0.05, 0.1) is 0 Å². The molecule has 1 unspecified atom stereocenters. The number of nitrogens with one attached hydrogen (secondary N) is 1. The van der Waals surface area contributed by atoms with Gasteiger partial charge in [-0.2, -0.15) is 0 Å². The third-order valence-electron chi connectivity index (χ3n) is 6.01. The van der Waals surface area contributed by atoms with E-state index in [4.69, 9.17) is 0 Å². The van der Waals surface area contributed by atoms with Crippen molar-refractivity contribution in [3.05, 3.63) is 0 Å². The Labute approximate surface area is 119 Å². The maximum atomic E-state index is 3.63. The Hall–Kier alpha value is -0.0800. The SMILES string of the molecule is CCCC1(CN2CCC[C@H]3CCCC[C@H]32)CCNC1. The fraction of sp³-hybridized carbons (Fsp3) is 1.00. The molecule has 1 N–H and O–H groups in total. The molecule has 0 amide bonds. The van der Waals surface area contributed by atoms with Crippen LogP contribution in [0.25, 0.3) is 0 Å². The molecule has 1 saturated carbocycles. The maximum absolute atomic E-state index is 3.63. The molecule has 0 radical (unpaired) electrons. The van der Waals surface area contributed by atoms with Crippen LogP contribution in [0.1, 0.15) is 64.7 Å². The molecule has 2 aliphatic heterocycles. The summed E-state index contributed by atoms with van der Waals surface area (Å²) in [5, 5.41) is 3.63. The van der Waals surface area contributed by atoms with E-state index in [1.807, 2.05) is 0 Å². The Morgan fingerprint density at radius 2 is 2.00 bits per heavy atom. The summed E-state index contributed by atoms with van der Waals surface area (Å²) < 4.78 is 0. The molecular formula is C17H32N2. The predicted molar refractivity (Wildman–Crippen MR) is 81.4 cm³/mol. The monoisotopic (exact) mass is 264 g/mol. The van der Waals surface area contributed by atoms with Crippen molar-refractivity contribution >= 4 is 0 Å². The molecule has 110 valence electrons. The lowest BCUT2D eigenvalue weighted by molar-refractivity contribution is 0.0254. The third kappa shape index (κ3) is 3.00. The van der Waals surface area contributed by atoms with Gasteiger partial charge < -0.3 is 5.32 Å². The number of hydrogen-bond donors (Lipinski definition) is 1. The summed E-state index contributed by atoms with van der Waals surface area (Å²) in [6, 6.07) is 0.942. The van der Waals surface area contributed by atoms with Crippen LogP contribution in [0, 0.1) is 11.3 Å². The predicted octanol–water partition coefficient (Wildman–Crippen LogP) is 3.42. The van der Waals surface area contributed by atoms with Gasteiger partial charge in [0, 0.05) is 19.1 Å². The molecule has 2 heteroatoms. The third-order valence-corrected chi connectivity index (χ3v) is 6.01. The Kier molecular flexibility index (Phi) is 4.48. The Bertz CT molecular complexity index is 281. The van der Waals surface area contributed by atoms with Crippen molar-refractivity contribution in [2.24, 2.45) is 11.3 Å². The van der Waals surface area contributed by atoms with Crippen molar-refractivity contribution in [3.63, 3.8) is 0 Å². The number of piperidine rings is 1. The fourth-order valence-electron chi connectivity index (χ4n) is 5.11. The highest BCUT2D eigenvalue weighted by Crippen LogP contribution is 2.39. The second-order valence-electron chi connectivity index (χ2n) is 7.40. The van der Waals surface area contributed by atoms with Crippen LogP contribution in [-0.4, -0.2) is 37.1 Å². The number of fused-ring (bicyclic) bond motifs is 1. The highest BCUT2D eigenvalue weighted by Gasteiger charge is 2.40. The van der Waals surface area contributed by atoms with Gasteiger partial charge in [0.15, 0.2) is 0 Å². The second kappa shape index (κ2) is 6.13. The van der Waals surface area contributed by atoms with Crippen LogP contribution in [0.4, 0.5) is 0 Å². The highest BCUT2D eigenvalue weighted by molar-refractivity contribution is 4.95. The minimum Gasteiger partial charge on any atom is -0.316 e. The van der Waals surface area contributed by atoms with Crippen molar-refractivity contribution in [2.45, 2.75) is 70.8 Å². The van der Waals surface area contributed by atoms with E-state index in [0.717, 1.165) is 12.0 Å². The van der Waals surface area contributed by atoms with E-state index in [9.17, 15) is 0 Å². The molecule has 0 aromatic carbocycles. The van der Waals surface area contributed by atoms with Gasteiger partial charge in [-0.1, -0.05) is 26.2 Å². The topological polar surface area (TPSA) is 15.3 Å². The standard InChI is InChI=1S/C17H32N2/c1-2-9-17(10-11-18-13-17)14-19-12-5-7-15-6-3-4-8-16(15)19/h15-16,18H,2-14H2,1H3/t15-,16-,17?/m1/s1. The molecule has 3 aliphatic rings. The number of rotatable bonds is 4. The molecule has 19 heavy (non-hydrogen) atoms. The van der Waals surface area contributed by atoms with Crippen LogP contribution in [0.15, 0.2) is 0 Å². The maximum Gasteiger partial charge on any atom is 0.0124 e. The van der Waals surface area contributed by atoms with E-state index in [1.54, 1.807) is 0 Å². The molecule has 0 aromatic rings. The first-order chi connectivity index (χ1) is 9.33. The van der Waals surface area contributed by atoms with Crippen molar-refractivity contribution in [1.29, 1.82) is 0 Å². The number of hydrogen-bond acceptors (Lipinski definition) is 2. The van der Waals surface area contributed by atoms with E-state index in [0.29, 0.717) is 5.41 Å². The van der Waals surface area contributed by atoms with Crippen LogP contribution in [0.2, 0.25) is 0 Å². The van der Waals surface area contributed by atoms with Crippen LogP contribution in [-0.2, 0) is 0 Å². The van der Waals surface area contributed by atoms with Gasteiger partial charge in [0.2, 0.25) is 0 Å². The zero-order chi connectivity index (χ0) is 13.1. The van der Waals surface area contributed by atoms with Crippen LogP contribution in [0.5, 0.6) is 0 Å². The van der Waals surface area contributed by atoms with Crippen LogP contribution in [0.3, 0.4) is 0 Å². The average Bonchev–Trinajstić information content (AvgIpc) is 2.88. The second-order valence-corrected chi connectivity index (χ2v) is 7.40. The number of likely N-dealkylation sites (tertiary alicyclic amines) is 1. The van der Waals surface area contributed by atoms with Gasteiger partial charge in [-0.3, -0.25) is 4.90 Å².